The molecule has 1 aromatic carbocycles. The average Bonchev–Trinajstić information content (AvgIpc) is 2.30. The van der Waals surface area contributed by atoms with E-state index in [1.165, 1.54) is 11.1 Å². The van der Waals surface area contributed by atoms with Crippen LogP contribution in [0.3, 0.4) is 0 Å². The Morgan fingerprint density at radius 3 is 2.06 bits per heavy atom. The molecule has 2 nitrogen and oxygen atoms in total. The fourth-order valence-corrected chi connectivity index (χ4v) is 2.03. The molecule has 0 saturated carbocycles. The third kappa shape index (κ3) is 2.83. The van der Waals surface area contributed by atoms with Gasteiger partial charge in [-0.05, 0) is 45.5 Å². The van der Waals surface area contributed by atoms with E-state index in [1.807, 2.05) is 14.1 Å². The van der Waals surface area contributed by atoms with Gasteiger partial charge in [0.2, 0.25) is 0 Å². The van der Waals surface area contributed by atoms with Gasteiger partial charge in [0, 0.05) is 11.6 Å². The predicted octanol–water partition coefficient (Wildman–Crippen LogP) is 2.51. The lowest BCUT2D eigenvalue weighted by Gasteiger charge is -2.34. The summed E-state index contributed by atoms with van der Waals surface area (Å²) in [7, 11) is 4.02. The fourth-order valence-electron chi connectivity index (χ4n) is 2.03. The van der Waals surface area contributed by atoms with E-state index in [9.17, 15) is 0 Å². The molecular formula is C14H24N2. The zero-order valence-electron chi connectivity index (χ0n) is 11.1. The second kappa shape index (κ2) is 5.46. The Morgan fingerprint density at radius 2 is 1.69 bits per heavy atom. The number of rotatable bonds is 5. The van der Waals surface area contributed by atoms with Gasteiger partial charge in [-0.3, -0.25) is 0 Å². The number of aryl methyl sites for hydroxylation is 1. The summed E-state index contributed by atoms with van der Waals surface area (Å²) >= 11 is 0. The van der Waals surface area contributed by atoms with Gasteiger partial charge >= 0.3 is 0 Å². The first-order valence-corrected chi connectivity index (χ1v) is 6.00. The molecule has 2 heteroatoms. The number of benzene rings is 1. The molecule has 0 amide bonds. The lowest BCUT2D eigenvalue weighted by atomic mass is 9.88. The van der Waals surface area contributed by atoms with Crippen molar-refractivity contribution in [2.45, 2.75) is 38.8 Å². The van der Waals surface area contributed by atoms with Gasteiger partial charge in [0.25, 0.3) is 0 Å². The molecule has 0 aromatic heterocycles. The maximum absolute atomic E-state index is 3.38. The fraction of sp³-hybridized carbons (Fsp3) is 0.571. The van der Waals surface area contributed by atoms with Crippen LogP contribution in [0.2, 0.25) is 0 Å². The molecule has 90 valence electrons. The van der Waals surface area contributed by atoms with Gasteiger partial charge in [0.1, 0.15) is 0 Å². The Labute approximate surface area is 99.5 Å². The first kappa shape index (κ1) is 13.2. The van der Waals surface area contributed by atoms with E-state index in [0.717, 1.165) is 6.42 Å². The third-order valence-electron chi connectivity index (χ3n) is 3.38. The summed E-state index contributed by atoms with van der Waals surface area (Å²) in [6.07, 6.45) is 1.10. The lowest BCUT2D eigenvalue weighted by Crippen LogP contribution is -2.47. The summed E-state index contributed by atoms with van der Waals surface area (Å²) in [6, 6.07) is 9.19. The van der Waals surface area contributed by atoms with Crippen LogP contribution in [0.5, 0.6) is 0 Å². The second-order valence-corrected chi connectivity index (χ2v) is 4.79. The summed E-state index contributed by atoms with van der Waals surface area (Å²) in [4.78, 5) is 0. The summed E-state index contributed by atoms with van der Waals surface area (Å²) < 4.78 is 0. The van der Waals surface area contributed by atoms with Gasteiger partial charge < -0.3 is 10.6 Å². The van der Waals surface area contributed by atoms with E-state index in [4.69, 9.17) is 0 Å². The van der Waals surface area contributed by atoms with Crippen molar-refractivity contribution in [3.8, 4) is 0 Å². The monoisotopic (exact) mass is 220 g/mol. The van der Waals surface area contributed by atoms with E-state index in [-0.39, 0.29) is 5.54 Å². The van der Waals surface area contributed by atoms with Gasteiger partial charge in [0.05, 0.1) is 0 Å². The number of likely N-dealkylation sites (N-methyl/N-ethyl adjacent to an activating group) is 2. The first-order chi connectivity index (χ1) is 7.55. The first-order valence-electron chi connectivity index (χ1n) is 6.00. The Kier molecular flexibility index (Phi) is 4.51. The van der Waals surface area contributed by atoms with Crippen LogP contribution in [-0.2, 0) is 6.42 Å². The molecular weight excluding hydrogens is 196 g/mol. The van der Waals surface area contributed by atoms with Crippen LogP contribution < -0.4 is 10.6 Å². The van der Waals surface area contributed by atoms with Gasteiger partial charge in [-0.1, -0.05) is 31.2 Å². The normalized spacial score (nSPS) is 13.8. The number of hydrogen-bond acceptors (Lipinski definition) is 2. The highest BCUT2D eigenvalue weighted by molar-refractivity contribution is 5.27. The minimum absolute atomic E-state index is 0.0441. The number of hydrogen-bond donors (Lipinski definition) is 2. The molecule has 1 aromatic rings. The highest BCUT2D eigenvalue weighted by Crippen LogP contribution is 2.25. The maximum atomic E-state index is 3.38. The molecule has 0 aliphatic rings. The Morgan fingerprint density at radius 1 is 1.12 bits per heavy atom. The summed E-state index contributed by atoms with van der Waals surface area (Å²) in [5.74, 6) is 0. The van der Waals surface area contributed by atoms with Crippen LogP contribution in [0.15, 0.2) is 24.3 Å². The van der Waals surface area contributed by atoms with Crippen molar-refractivity contribution in [3.63, 3.8) is 0 Å². The summed E-state index contributed by atoms with van der Waals surface area (Å²) in [5.41, 5.74) is 2.77. The van der Waals surface area contributed by atoms with Crippen LogP contribution in [0.1, 0.15) is 37.9 Å². The largest absolute Gasteiger partial charge is 0.313 e. The molecule has 0 radical (unpaired) electrons. The van der Waals surface area contributed by atoms with Gasteiger partial charge in [-0.2, -0.15) is 0 Å². The Balaban J connectivity index is 2.95. The van der Waals surface area contributed by atoms with Crippen LogP contribution in [0.4, 0.5) is 0 Å². The zero-order valence-corrected chi connectivity index (χ0v) is 11.1. The van der Waals surface area contributed by atoms with Crippen molar-refractivity contribution in [2.75, 3.05) is 14.1 Å². The molecule has 0 saturated heterocycles. The highest BCUT2D eigenvalue weighted by Gasteiger charge is 2.27. The molecule has 1 rings (SSSR count). The van der Waals surface area contributed by atoms with E-state index in [0.29, 0.717) is 6.04 Å². The molecule has 0 heterocycles. The van der Waals surface area contributed by atoms with E-state index in [2.05, 4.69) is 55.7 Å². The van der Waals surface area contributed by atoms with Crippen LogP contribution >= 0.6 is 0 Å². The molecule has 0 aliphatic heterocycles. The summed E-state index contributed by atoms with van der Waals surface area (Å²) in [5, 5.41) is 6.74. The maximum Gasteiger partial charge on any atom is 0.0497 e. The van der Waals surface area contributed by atoms with Crippen molar-refractivity contribution in [1.29, 1.82) is 0 Å². The van der Waals surface area contributed by atoms with Crippen molar-refractivity contribution in [3.05, 3.63) is 35.4 Å². The third-order valence-corrected chi connectivity index (χ3v) is 3.38. The van der Waals surface area contributed by atoms with Crippen molar-refractivity contribution >= 4 is 0 Å². The molecule has 0 spiro atoms. The quantitative estimate of drug-likeness (QED) is 0.796. The topological polar surface area (TPSA) is 24.1 Å². The molecule has 1 unspecified atom stereocenters. The van der Waals surface area contributed by atoms with Gasteiger partial charge in [0.15, 0.2) is 0 Å². The highest BCUT2D eigenvalue weighted by atomic mass is 15.0. The standard InChI is InChI=1S/C14H24N2/c1-6-11-7-9-12(10-8-11)13(15-4)14(2,3)16-5/h7-10,13,15-16H,6H2,1-5H3. The SMILES string of the molecule is CCc1ccc(C(NC)C(C)(C)NC)cc1. The van der Waals surface area contributed by atoms with Gasteiger partial charge in [-0.15, -0.1) is 0 Å². The second-order valence-electron chi connectivity index (χ2n) is 4.79. The molecule has 16 heavy (non-hydrogen) atoms. The Bertz CT molecular complexity index is 314. The van der Waals surface area contributed by atoms with Crippen molar-refractivity contribution in [1.82, 2.24) is 10.6 Å². The molecule has 1 atom stereocenters. The van der Waals surface area contributed by atoms with Crippen molar-refractivity contribution < 1.29 is 0 Å². The number of nitrogens with one attached hydrogen (secondary N) is 2. The average molecular weight is 220 g/mol. The van der Waals surface area contributed by atoms with E-state index >= 15 is 0 Å². The minimum Gasteiger partial charge on any atom is -0.313 e. The van der Waals surface area contributed by atoms with Crippen molar-refractivity contribution in [2.24, 2.45) is 0 Å². The van der Waals surface area contributed by atoms with Gasteiger partial charge in [-0.25, -0.2) is 0 Å². The molecule has 0 bridgehead atoms. The lowest BCUT2D eigenvalue weighted by molar-refractivity contribution is 0.311. The predicted molar refractivity (Wildman–Crippen MR) is 70.8 cm³/mol. The van der Waals surface area contributed by atoms with E-state index < -0.39 is 0 Å². The molecule has 2 N–H and O–H groups in total. The molecule has 0 fully saturated rings. The van der Waals surface area contributed by atoms with Crippen LogP contribution in [-0.4, -0.2) is 19.6 Å². The smallest absolute Gasteiger partial charge is 0.0497 e. The minimum atomic E-state index is 0.0441. The summed E-state index contributed by atoms with van der Waals surface area (Å²) in [6.45, 7) is 6.60. The zero-order chi connectivity index (χ0) is 12.2. The van der Waals surface area contributed by atoms with Crippen LogP contribution in [0, 0.1) is 0 Å². The van der Waals surface area contributed by atoms with E-state index in [1.54, 1.807) is 0 Å². The van der Waals surface area contributed by atoms with Crippen LogP contribution in [0.25, 0.3) is 0 Å². The molecule has 0 aliphatic carbocycles. The Hall–Kier alpha value is -0.860.